The van der Waals surface area contributed by atoms with Crippen molar-refractivity contribution in [3.05, 3.63) is 64.7 Å². The molecule has 4 rings (SSSR count). The molecule has 0 N–H and O–H groups in total. The molecule has 1 heterocycles. The van der Waals surface area contributed by atoms with Crippen LogP contribution in [0.3, 0.4) is 0 Å². The van der Waals surface area contributed by atoms with Gasteiger partial charge in [-0.05, 0) is 48.1 Å². The molecule has 2 aromatic carbocycles. The second-order valence-electron chi connectivity index (χ2n) is 5.90. The van der Waals surface area contributed by atoms with E-state index in [1.165, 1.54) is 22.3 Å². The average Bonchev–Trinajstić information content (AvgIpc) is 2.95. The Morgan fingerprint density at radius 2 is 1.90 bits per heavy atom. The number of anilines is 1. The van der Waals surface area contributed by atoms with Crippen LogP contribution in [-0.2, 0) is 16.6 Å². The first-order valence-corrected chi connectivity index (χ1v) is 7.13. The summed E-state index contributed by atoms with van der Waals surface area (Å²) in [5.74, 6) is 0.228. The van der Waals surface area contributed by atoms with Crippen molar-refractivity contribution in [1.82, 2.24) is 0 Å². The van der Waals surface area contributed by atoms with Gasteiger partial charge in [-0.15, -0.1) is 0 Å². The van der Waals surface area contributed by atoms with Gasteiger partial charge in [0, 0.05) is 12.7 Å². The lowest BCUT2D eigenvalue weighted by atomic mass is 9.75. The smallest absolute Gasteiger partial charge is 0.241 e. The fourth-order valence-electron chi connectivity index (χ4n) is 4.08. The largest absolute Gasteiger partial charge is 0.314 e. The third kappa shape index (κ3) is 1.17. The van der Waals surface area contributed by atoms with Gasteiger partial charge in [0.05, 0.1) is 0 Å². The van der Waals surface area contributed by atoms with E-state index in [1.807, 2.05) is 18.0 Å². The zero-order valence-corrected chi connectivity index (χ0v) is 11.8. The number of likely N-dealkylation sites (N-methyl/N-ethyl adjacent to an activating group) is 1. The van der Waals surface area contributed by atoms with Crippen LogP contribution >= 0.6 is 0 Å². The van der Waals surface area contributed by atoms with E-state index in [1.54, 1.807) is 0 Å². The van der Waals surface area contributed by atoms with Gasteiger partial charge in [-0.1, -0.05) is 36.4 Å². The van der Waals surface area contributed by atoms with Crippen LogP contribution in [-0.4, -0.2) is 13.0 Å². The molecule has 0 fully saturated rings. The second-order valence-corrected chi connectivity index (χ2v) is 5.90. The molecule has 1 amide bonds. The van der Waals surface area contributed by atoms with Crippen molar-refractivity contribution in [2.45, 2.75) is 25.2 Å². The molecule has 1 aliphatic heterocycles. The van der Waals surface area contributed by atoms with E-state index in [0.29, 0.717) is 0 Å². The summed E-state index contributed by atoms with van der Waals surface area (Å²) in [6.07, 6.45) is 1.89. The van der Waals surface area contributed by atoms with Gasteiger partial charge in [-0.3, -0.25) is 4.79 Å². The van der Waals surface area contributed by atoms with Crippen molar-refractivity contribution in [3.8, 4) is 0 Å². The molecule has 2 aromatic rings. The van der Waals surface area contributed by atoms with Crippen LogP contribution in [0.1, 0.15) is 28.7 Å². The van der Waals surface area contributed by atoms with Gasteiger partial charge < -0.3 is 4.90 Å². The van der Waals surface area contributed by atoms with E-state index in [4.69, 9.17) is 0 Å². The Morgan fingerprint density at radius 3 is 2.75 bits per heavy atom. The van der Waals surface area contributed by atoms with E-state index in [2.05, 4.69) is 43.3 Å². The summed E-state index contributed by atoms with van der Waals surface area (Å²) < 4.78 is 0. The first kappa shape index (κ1) is 11.7. The minimum absolute atomic E-state index is 0.228. The van der Waals surface area contributed by atoms with Gasteiger partial charge in [-0.25, -0.2) is 0 Å². The van der Waals surface area contributed by atoms with Gasteiger partial charge in [0.1, 0.15) is 5.41 Å². The molecule has 0 aromatic heterocycles. The Balaban J connectivity index is 2.09. The van der Waals surface area contributed by atoms with Crippen molar-refractivity contribution in [2.75, 3.05) is 11.9 Å². The lowest BCUT2D eigenvalue weighted by Crippen LogP contribution is -2.38. The van der Waals surface area contributed by atoms with Crippen LogP contribution < -0.4 is 4.90 Å². The highest BCUT2D eigenvalue weighted by atomic mass is 16.2. The molecule has 2 aliphatic rings. The lowest BCUT2D eigenvalue weighted by Gasteiger charge is -2.25. The zero-order chi connectivity index (χ0) is 13.9. The predicted molar refractivity (Wildman–Crippen MR) is 80.1 cm³/mol. The molecule has 0 bridgehead atoms. The highest BCUT2D eigenvalue weighted by Gasteiger charge is 2.54. The van der Waals surface area contributed by atoms with E-state index in [-0.39, 0.29) is 5.91 Å². The van der Waals surface area contributed by atoms with Crippen molar-refractivity contribution in [3.63, 3.8) is 0 Å². The maximum atomic E-state index is 13.0. The highest BCUT2D eigenvalue weighted by molar-refractivity contribution is 6.11. The normalized spacial score (nSPS) is 23.3. The van der Waals surface area contributed by atoms with Crippen LogP contribution in [0.4, 0.5) is 5.69 Å². The van der Waals surface area contributed by atoms with Gasteiger partial charge in [-0.2, -0.15) is 0 Å². The first-order valence-electron chi connectivity index (χ1n) is 7.13. The van der Waals surface area contributed by atoms with E-state index in [0.717, 1.165) is 18.5 Å². The van der Waals surface area contributed by atoms with Gasteiger partial charge in [0.2, 0.25) is 5.91 Å². The summed E-state index contributed by atoms with van der Waals surface area (Å²) in [5, 5.41) is 0. The molecule has 2 nitrogen and oxygen atoms in total. The van der Waals surface area contributed by atoms with Gasteiger partial charge >= 0.3 is 0 Å². The van der Waals surface area contributed by atoms with Crippen LogP contribution in [0.2, 0.25) is 0 Å². The Bertz CT molecular complexity index is 734. The fourth-order valence-corrected chi connectivity index (χ4v) is 4.08. The number of hydrogen-bond acceptors (Lipinski definition) is 1. The van der Waals surface area contributed by atoms with Crippen molar-refractivity contribution >= 4 is 11.6 Å². The monoisotopic (exact) mass is 263 g/mol. The average molecular weight is 263 g/mol. The van der Waals surface area contributed by atoms with E-state index in [9.17, 15) is 4.79 Å². The third-order valence-electron chi connectivity index (χ3n) is 4.96. The van der Waals surface area contributed by atoms with Crippen LogP contribution in [0.25, 0.3) is 0 Å². The van der Waals surface area contributed by atoms with Crippen LogP contribution in [0, 0.1) is 6.92 Å². The minimum Gasteiger partial charge on any atom is -0.314 e. The molecule has 0 radical (unpaired) electrons. The SMILES string of the molecule is Cc1cccc2c1C1(CCc3ccccc31)C(=O)N2C. The molecule has 0 saturated carbocycles. The van der Waals surface area contributed by atoms with E-state index < -0.39 is 5.41 Å². The summed E-state index contributed by atoms with van der Waals surface area (Å²) in [6, 6.07) is 14.6. The van der Waals surface area contributed by atoms with Crippen LogP contribution in [0.5, 0.6) is 0 Å². The quantitative estimate of drug-likeness (QED) is 0.714. The molecule has 20 heavy (non-hydrogen) atoms. The van der Waals surface area contributed by atoms with E-state index >= 15 is 0 Å². The summed E-state index contributed by atoms with van der Waals surface area (Å²) in [5.41, 5.74) is 5.61. The molecule has 1 atom stereocenters. The molecule has 100 valence electrons. The molecule has 1 aliphatic carbocycles. The number of carbonyl (C=O) groups is 1. The molecule has 0 saturated heterocycles. The Labute approximate surface area is 119 Å². The summed E-state index contributed by atoms with van der Waals surface area (Å²) in [7, 11) is 1.90. The Hall–Kier alpha value is -2.09. The number of carbonyl (C=O) groups excluding carboxylic acids is 1. The molecular formula is C18H17NO. The lowest BCUT2D eigenvalue weighted by molar-refractivity contribution is -0.121. The Kier molecular flexibility index (Phi) is 2.18. The van der Waals surface area contributed by atoms with Crippen molar-refractivity contribution in [2.24, 2.45) is 0 Å². The number of rotatable bonds is 0. The first-order chi connectivity index (χ1) is 9.66. The fraction of sp³-hybridized carbons (Fsp3) is 0.278. The Morgan fingerprint density at radius 1 is 1.10 bits per heavy atom. The number of hydrogen-bond donors (Lipinski definition) is 0. The highest BCUT2D eigenvalue weighted by Crippen LogP contribution is 2.53. The standard InChI is InChI=1S/C18H17NO/c1-12-6-5-9-15-16(12)18(17(20)19(15)2)11-10-13-7-3-4-8-14(13)18/h3-9H,10-11H2,1-2H3. The number of amides is 1. The predicted octanol–water partition coefficient (Wildman–Crippen LogP) is 3.20. The number of benzene rings is 2. The molecule has 1 unspecified atom stereocenters. The molecular weight excluding hydrogens is 246 g/mol. The third-order valence-corrected chi connectivity index (χ3v) is 4.96. The number of nitrogens with zero attached hydrogens (tertiary/aromatic N) is 1. The summed E-state index contributed by atoms with van der Waals surface area (Å²) in [4.78, 5) is 14.9. The zero-order valence-electron chi connectivity index (χ0n) is 11.8. The molecule has 2 heteroatoms. The van der Waals surface area contributed by atoms with Gasteiger partial charge in [0.15, 0.2) is 0 Å². The van der Waals surface area contributed by atoms with Crippen LogP contribution in [0.15, 0.2) is 42.5 Å². The number of aryl methyl sites for hydroxylation is 2. The maximum absolute atomic E-state index is 13.0. The summed E-state index contributed by atoms with van der Waals surface area (Å²) >= 11 is 0. The van der Waals surface area contributed by atoms with Gasteiger partial charge in [0.25, 0.3) is 0 Å². The molecule has 1 spiro atoms. The second kappa shape index (κ2) is 3.72. The van der Waals surface area contributed by atoms with Crippen molar-refractivity contribution < 1.29 is 4.79 Å². The summed E-state index contributed by atoms with van der Waals surface area (Å²) in [6.45, 7) is 2.12. The topological polar surface area (TPSA) is 20.3 Å². The maximum Gasteiger partial charge on any atom is 0.241 e. The number of fused-ring (bicyclic) bond motifs is 4. The van der Waals surface area contributed by atoms with Crippen molar-refractivity contribution in [1.29, 1.82) is 0 Å². The minimum atomic E-state index is -0.438.